The smallest absolute Gasteiger partial charge is 0.183 e. The van der Waals surface area contributed by atoms with Crippen LogP contribution in [0.15, 0.2) is 29.6 Å². The molecular formula is C13H15FN2S. The summed E-state index contributed by atoms with van der Waals surface area (Å²) in [5.41, 5.74) is 1.64. The van der Waals surface area contributed by atoms with Crippen molar-refractivity contribution < 1.29 is 4.39 Å². The largest absolute Gasteiger partial charge is 0.361 e. The molecule has 0 atom stereocenters. The van der Waals surface area contributed by atoms with Crippen LogP contribution >= 0.6 is 11.3 Å². The molecule has 0 saturated heterocycles. The number of halogens is 1. The van der Waals surface area contributed by atoms with Gasteiger partial charge in [-0.15, -0.1) is 11.3 Å². The number of rotatable bonds is 4. The number of nitrogens with one attached hydrogen (secondary N) is 1. The Morgan fingerprint density at radius 1 is 1.41 bits per heavy atom. The summed E-state index contributed by atoms with van der Waals surface area (Å²) in [6, 6.07) is 6.50. The van der Waals surface area contributed by atoms with Gasteiger partial charge >= 0.3 is 0 Å². The van der Waals surface area contributed by atoms with Gasteiger partial charge in [-0.2, -0.15) is 0 Å². The standard InChI is InChI=1S/C13H15FN2S/c1-9(2)7-15-13-16-12(8-17-13)10-4-3-5-11(14)6-10/h3-6,8-9H,7H2,1-2H3,(H,15,16). The molecule has 1 heterocycles. The SMILES string of the molecule is CC(C)CNc1nc(-c2cccc(F)c2)cs1. The van der Waals surface area contributed by atoms with E-state index in [1.54, 1.807) is 17.4 Å². The summed E-state index contributed by atoms with van der Waals surface area (Å²) in [6.45, 7) is 5.19. The highest BCUT2D eigenvalue weighted by molar-refractivity contribution is 7.14. The summed E-state index contributed by atoms with van der Waals surface area (Å²) >= 11 is 1.55. The first-order chi connectivity index (χ1) is 8.15. The third-order valence-electron chi connectivity index (χ3n) is 2.29. The minimum Gasteiger partial charge on any atom is -0.361 e. The van der Waals surface area contributed by atoms with Gasteiger partial charge in [0.2, 0.25) is 0 Å². The first-order valence-electron chi connectivity index (χ1n) is 5.60. The molecule has 2 nitrogen and oxygen atoms in total. The van der Waals surface area contributed by atoms with Gasteiger partial charge in [0.05, 0.1) is 5.69 Å². The molecule has 2 rings (SSSR count). The summed E-state index contributed by atoms with van der Waals surface area (Å²) in [5, 5.41) is 6.09. The van der Waals surface area contributed by atoms with E-state index >= 15 is 0 Å². The maximum atomic E-state index is 13.1. The van der Waals surface area contributed by atoms with Gasteiger partial charge in [0.15, 0.2) is 5.13 Å². The fraction of sp³-hybridized carbons (Fsp3) is 0.308. The van der Waals surface area contributed by atoms with Gasteiger partial charge in [-0.1, -0.05) is 26.0 Å². The lowest BCUT2D eigenvalue weighted by atomic mass is 10.2. The van der Waals surface area contributed by atoms with E-state index in [0.29, 0.717) is 5.92 Å². The highest BCUT2D eigenvalue weighted by Gasteiger charge is 2.05. The van der Waals surface area contributed by atoms with Gasteiger partial charge in [-0.05, 0) is 18.1 Å². The van der Waals surface area contributed by atoms with Crippen LogP contribution in [0.4, 0.5) is 9.52 Å². The van der Waals surface area contributed by atoms with E-state index in [9.17, 15) is 4.39 Å². The molecule has 17 heavy (non-hydrogen) atoms. The number of aromatic nitrogens is 1. The number of thiazole rings is 1. The van der Waals surface area contributed by atoms with Gasteiger partial charge in [-0.3, -0.25) is 0 Å². The Morgan fingerprint density at radius 3 is 2.94 bits per heavy atom. The zero-order valence-corrected chi connectivity index (χ0v) is 10.7. The van der Waals surface area contributed by atoms with E-state index in [-0.39, 0.29) is 5.82 Å². The van der Waals surface area contributed by atoms with Crippen LogP contribution < -0.4 is 5.32 Å². The Morgan fingerprint density at radius 2 is 2.24 bits per heavy atom. The monoisotopic (exact) mass is 250 g/mol. The minimum atomic E-state index is -0.229. The molecule has 2 aromatic rings. The van der Waals surface area contributed by atoms with Gasteiger partial charge in [0.1, 0.15) is 5.82 Å². The van der Waals surface area contributed by atoms with E-state index in [1.807, 2.05) is 11.4 Å². The molecule has 0 aliphatic heterocycles. The third kappa shape index (κ3) is 3.27. The molecule has 1 aromatic carbocycles. The van der Waals surface area contributed by atoms with Crippen molar-refractivity contribution in [2.45, 2.75) is 13.8 Å². The summed E-state index contributed by atoms with van der Waals surface area (Å²) in [7, 11) is 0. The van der Waals surface area contributed by atoms with E-state index in [0.717, 1.165) is 22.9 Å². The second-order valence-electron chi connectivity index (χ2n) is 4.32. The summed E-state index contributed by atoms with van der Waals surface area (Å²) < 4.78 is 13.1. The first-order valence-corrected chi connectivity index (χ1v) is 6.48. The van der Waals surface area contributed by atoms with Gasteiger partial charge in [0, 0.05) is 17.5 Å². The van der Waals surface area contributed by atoms with Gasteiger partial charge in [-0.25, -0.2) is 9.37 Å². The van der Waals surface area contributed by atoms with Crippen LogP contribution in [0.25, 0.3) is 11.3 Å². The number of benzene rings is 1. The number of anilines is 1. The predicted molar refractivity (Wildman–Crippen MR) is 70.8 cm³/mol. The highest BCUT2D eigenvalue weighted by Crippen LogP contribution is 2.25. The second-order valence-corrected chi connectivity index (χ2v) is 5.18. The van der Waals surface area contributed by atoms with Crippen LogP contribution in [0, 0.1) is 11.7 Å². The van der Waals surface area contributed by atoms with Crippen molar-refractivity contribution in [3.8, 4) is 11.3 Å². The summed E-state index contributed by atoms with van der Waals surface area (Å²) in [4.78, 5) is 4.43. The van der Waals surface area contributed by atoms with Crippen molar-refractivity contribution in [1.29, 1.82) is 0 Å². The normalized spacial score (nSPS) is 10.8. The molecule has 0 aliphatic carbocycles. The zero-order valence-electron chi connectivity index (χ0n) is 9.90. The molecule has 90 valence electrons. The molecule has 0 fully saturated rings. The van der Waals surface area contributed by atoms with Gasteiger partial charge in [0.25, 0.3) is 0 Å². The molecule has 0 spiro atoms. The van der Waals surface area contributed by atoms with Crippen LogP contribution in [0.2, 0.25) is 0 Å². The molecule has 0 unspecified atom stereocenters. The quantitative estimate of drug-likeness (QED) is 0.886. The Balaban J connectivity index is 2.12. The molecule has 4 heteroatoms. The van der Waals surface area contributed by atoms with Crippen LogP contribution in [0.1, 0.15) is 13.8 Å². The average Bonchev–Trinajstić information content (AvgIpc) is 2.75. The van der Waals surface area contributed by atoms with Crippen molar-refractivity contribution in [2.75, 3.05) is 11.9 Å². The lowest BCUT2D eigenvalue weighted by Crippen LogP contribution is -2.07. The molecule has 0 radical (unpaired) electrons. The Hall–Kier alpha value is -1.42. The lowest BCUT2D eigenvalue weighted by Gasteiger charge is -2.04. The Labute approximate surface area is 105 Å². The molecule has 0 bridgehead atoms. The maximum Gasteiger partial charge on any atom is 0.183 e. The van der Waals surface area contributed by atoms with E-state index in [4.69, 9.17) is 0 Å². The summed E-state index contributed by atoms with van der Waals surface area (Å²) in [5.74, 6) is 0.351. The summed E-state index contributed by atoms with van der Waals surface area (Å²) in [6.07, 6.45) is 0. The van der Waals surface area contributed by atoms with Crippen LogP contribution in [-0.4, -0.2) is 11.5 Å². The first kappa shape index (κ1) is 12.0. The Bertz CT molecular complexity index is 494. The fourth-order valence-corrected chi connectivity index (χ4v) is 2.16. The van der Waals surface area contributed by atoms with E-state index in [1.165, 1.54) is 12.1 Å². The van der Waals surface area contributed by atoms with Crippen LogP contribution in [0.5, 0.6) is 0 Å². The van der Waals surface area contributed by atoms with Crippen LogP contribution in [0.3, 0.4) is 0 Å². The number of nitrogens with zero attached hydrogens (tertiary/aromatic N) is 1. The lowest BCUT2D eigenvalue weighted by molar-refractivity contribution is 0.628. The maximum absolute atomic E-state index is 13.1. The molecule has 1 N–H and O–H groups in total. The van der Waals surface area contributed by atoms with Crippen molar-refractivity contribution in [1.82, 2.24) is 4.98 Å². The minimum absolute atomic E-state index is 0.229. The molecule has 0 aliphatic rings. The molecule has 1 aromatic heterocycles. The van der Waals surface area contributed by atoms with E-state index in [2.05, 4.69) is 24.1 Å². The van der Waals surface area contributed by atoms with Crippen LogP contribution in [-0.2, 0) is 0 Å². The fourth-order valence-electron chi connectivity index (χ4n) is 1.43. The topological polar surface area (TPSA) is 24.9 Å². The average molecular weight is 250 g/mol. The number of hydrogen-bond donors (Lipinski definition) is 1. The third-order valence-corrected chi connectivity index (χ3v) is 3.09. The highest BCUT2D eigenvalue weighted by atomic mass is 32.1. The van der Waals surface area contributed by atoms with Crippen molar-refractivity contribution >= 4 is 16.5 Å². The van der Waals surface area contributed by atoms with E-state index < -0.39 is 0 Å². The van der Waals surface area contributed by atoms with Crippen molar-refractivity contribution in [3.05, 3.63) is 35.5 Å². The number of hydrogen-bond acceptors (Lipinski definition) is 3. The van der Waals surface area contributed by atoms with Crippen molar-refractivity contribution in [3.63, 3.8) is 0 Å². The molecular weight excluding hydrogens is 235 g/mol. The predicted octanol–water partition coefficient (Wildman–Crippen LogP) is 4.02. The molecule has 0 saturated carbocycles. The molecule has 0 amide bonds. The Kier molecular flexibility index (Phi) is 3.74. The zero-order chi connectivity index (χ0) is 12.3. The second kappa shape index (κ2) is 5.27. The van der Waals surface area contributed by atoms with Gasteiger partial charge < -0.3 is 5.32 Å². The van der Waals surface area contributed by atoms with Crippen molar-refractivity contribution in [2.24, 2.45) is 5.92 Å².